The van der Waals surface area contributed by atoms with E-state index in [4.69, 9.17) is 14.5 Å². The molecule has 5 nitrogen and oxygen atoms in total. The van der Waals surface area contributed by atoms with Crippen LogP contribution >= 0.6 is 0 Å². The van der Waals surface area contributed by atoms with Crippen LogP contribution in [0.2, 0.25) is 0 Å². The van der Waals surface area contributed by atoms with Crippen molar-refractivity contribution in [3.05, 3.63) is 60.2 Å². The Hall–Kier alpha value is -2.39. The van der Waals surface area contributed by atoms with Crippen LogP contribution < -0.4 is 4.74 Å². The third-order valence-corrected chi connectivity index (χ3v) is 5.85. The normalized spacial score (nSPS) is 21.9. The van der Waals surface area contributed by atoms with Gasteiger partial charge in [-0.15, -0.1) is 18.2 Å². The summed E-state index contributed by atoms with van der Waals surface area (Å²) < 4.78 is 12.2. The van der Waals surface area contributed by atoms with E-state index in [2.05, 4.69) is 24.9 Å². The van der Waals surface area contributed by atoms with E-state index < -0.39 is 0 Å². The molecule has 0 bridgehead atoms. The maximum Gasteiger partial charge on any atom is 0.217 e. The van der Waals surface area contributed by atoms with Gasteiger partial charge < -0.3 is 14.6 Å². The average molecular weight is 583 g/mol. The number of hydrogen-bond acceptors (Lipinski definition) is 5. The van der Waals surface area contributed by atoms with Gasteiger partial charge in [-0.05, 0) is 25.0 Å². The molecule has 0 amide bonds. The van der Waals surface area contributed by atoms with Gasteiger partial charge in [0, 0.05) is 43.7 Å². The Labute approximate surface area is 190 Å². The first-order valence-corrected chi connectivity index (χ1v) is 10.0. The summed E-state index contributed by atoms with van der Waals surface area (Å²) in [4.78, 5) is 9.26. The minimum absolute atomic E-state index is 0. The van der Waals surface area contributed by atoms with Gasteiger partial charge in [-0.3, -0.25) is 4.99 Å². The molecule has 30 heavy (non-hydrogen) atoms. The molecule has 2 atom stereocenters. The van der Waals surface area contributed by atoms with Crippen molar-refractivity contribution in [2.45, 2.75) is 45.3 Å². The van der Waals surface area contributed by atoms with Gasteiger partial charge in [-0.25, -0.2) is 4.98 Å². The number of aromatic hydroxyl groups is 1. The zero-order valence-electron chi connectivity index (χ0n) is 16.9. The molecule has 3 aromatic rings. The Kier molecular flexibility index (Phi) is 5.59. The molecule has 5 rings (SSSR count). The SMILES string of the molecule is CC1(C)CCC[C@@H]2N=C(c3[c-]c(Oc4ccc5cccc(O)c5n4)ccc3)O[C@@H]21.[Pt]. The first-order valence-electron chi connectivity index (χ1n) is 10.0. The van der Waals surface area contributed by atoms with Gasteiger partial charge >= 0.3 is 0 Å². The third kappa shape index (κ3) is 3.83. The van der Waals surface area contributed by atoms with Gasteiger partial charge in [-0.2, -0.15) is 0 Å². The number of ether oxygens (including phenoxy) is 2. The quantitative estimate of drug-likeness (QED) is 0.429. The van der Waals surface area contributed by atoms with Gasteiger partial charge in [0.15, 0.2) is 0 Å². The van der Waals surface area contributed by atoms with E-state index in [1.54, 1.807) is 18.2 Å². The second-order valence-corrected chi connectivity index (χ2v) is 8.45. The number of phenolic OH excluding ortho intramolecular Hbond substituents is 1. The van der Waals surface area contributed by atoms with E-state index in [1.807, 2.05) is 30.3 Å². The summed E-state index contributed by atoms with van der Waals surface area (Å²) in [5.74, 6) is 1.70. The fraction of sp³-hybridized carbons (Fsp3) is 0.333. The third-order valence-electron chi connectivity index (χ3n) is 5.85. The Bertz CT molecular complexity index is 1110. The largest absolute Gasteiger partial charge is 0.514 e. The fourth-order valence-corrected chi connectivity index (χ4v) is 4.30. The van der Waals surface area contributed by atoms with Crippen molar-refractivity contribution < 1.29 is 35.6 Å². The Morgan fingerprint density at radius 3 is 2.80 bits per heavy atom. The van der Waals surface area contributed by atoms with E-state index in [0.717, 1.165) is 23.8 Å². The summed E-state index contributed by atoms with van der Waals surface area (Å²) in [6.07, 6.45) is 3.53. The van der Waals surface area contributed by atoms with Crippen molar-refractivity contribution >= 4 is 16.8 Å². The number of aromatic nitrogens is 1. The molecule has 1 aliphatic carbocycles. The molecule has 6 heteroatoms. The molecule has 1 N–H and O–H groups in total. The molecule has 1 aromatic heterocycles. The molecular formula is C24H23N2O3Pt-. The minimum Gasteiger partial charge on any atom is -0.514 e. The standard InChI is InChI=1S/C24H23N2O3.Pt/c1-24(2)13-5-9-18-22(24)29-23(25-18)16-7-3-8-17(14-16)28-20-12-11-15-6-4-10-19(27)21(15)26-20;/h3-4,6-8,10-12,18,22,27H,5,9,13H2,1-2H3;/q-1;/t18-,22-;/m0./s1. The van der Waals surface area contributed by atoms with E-state index in [9.17, 15) is 5.11 Å². The van der Waals surface area contributed by atoms with Gasteiger partial charge in [-0.1, -0.05) is 44.0 Å². The summed E-state index contributed by atoms with van der Waals surface area (Å²) in [6, 6.07) is 18.1. The topological polar surface area (TPSA) is 63.9 Å². The van der Waals surface area contributed by atoms with E-state index in [0.29, 0.717) is 23.0 Å². The maximum absolute atomic E-state index is 10.0. The number of aliphatic imine (C=N–C) groups is 1. The Morgan fingerprint density at radius 2 is 1.97 bits per heavy atom. The van der Waals surface area contributed by atoms with Crippen LogP contribution in [-0.2, 0) is 25.8 Å². The number of fused-ring (bicyclic) bond motifs is 2. The first kappa shape index (κ1) is 20.9. The van der Waals surface area contributed by atoms with Crippen LogP contribution in [0.5, 0.6) is 17.4 Å². The van der Waals surface area contributed by atoms with Gasteiger partial charge in [0.05, 0.1) is 6.04 Å². The molecule has 1 fully saturated rings. The molecule has 158 valence electrons. The molecule has 2 aromatic carbocycles. The molecule has 2 heterocycles. The fourth-order valence-electron chi connectivity index (χ4n) is 4.30. The van der Waals surface area contributed by atoms with E-state index in [1.165, 1.54) is 6.42 Å². The van der Waals surface area contributed by atoms with Crippen LogP contribution in [0.25, 0.3) is 10.9 Å². The van der Waals surface area contributed by atoms with Gasteiger partial charge in [0.25, 0.3) is 0 Å². The number of para-hydroxylation sites is 1. The zero-order valence-corrected chi connectivity index (χ0v) is 19.1. The summed E-state index contributed by atoms with van der Waals surface area (Å²) in [6.45, 7) is 4.51. The van der Waals surface area contributed by atoms with Gasteiger partial charge in [0.2, 0.25) is 5.88 Å². The molecule has 2 aliphatic rings. The maximum atomic E-state index is 10.0. The molecule has 1 aliphatic heterocycles. The molecule has 0 saturated heterocycles. The van der Waals surface area contributed by atoms with E-state index in [-0.39, 0.29) is 44.4 Å². The molecular weight excluding hydrogens is 559 g/mol. The van der Waals surface area contributed by atoms with Crippen molar-refractivity contribution in [3.8, 4) is 17.4 Å². The van der Waals surface area contributed by atoms with Crippen LogP contribution in [0.1, 0.15) is 38.7 Å². The molecule has 0 unspecified atom stereocenters. The van der Waals surface area contributed by atoms with Crippen LogP contribution in [0, 0.1) is 11.5 Å². The van der Waals surface area contributed by atoms with Crippen molar-refractivity contribution in [1.29, 1.82) is 0 Å². The van der Waals surface area contributed by atoms with Crippen molar-refractivity contribution in [1.82, 2.24) is 4.98 Å². The van der Waals surface area contributed by atoms with Crippen LogP contribution in [-0.4, -0.2) is 28.1 Å². The number of nitrogens with zero attached hydrogens (tertiary/aromatic N) is 2. The van der Waals surface area contributed by atoms with Crippen molar-refractivity contribution in [2.75, 3.05) is 0 Å². The van der Waals surface area contributed by atoms with E-state index >= 15 is 0 Å². The molecule has 0 spiro atoms. The van der Waals surface area contributed by atoms with Crippen LogP contribution in [0.4, 0.5) is 0 Å². The summed E-state index contributed by atoms with van der Waals surface area (Å²) >= 11 is 0. The summed E-state index contributed by atoms with van der Waals surface area (Å²) in [5, 5.41) is 10.9. The second kappa shape index (κ2) is 8.03. The second-order valence-electron chi connectivity index (χ2n) is 8.45. The minimum atomic E-state index is 0. The Morgan fingerprint density at radius 1 is 1.13 bits per heavy atom. The summed E-state index contributed by atoms with van der Waals surface area (Å²) in [5.41, 5.74) is 1.42. The molecule has 1 saturated carbocycles. The number of hydrogen-bond donors (Lipinski definition) is 1. The smallest absolute Gasteiger partial charge is 0.217 e. The number of rotatable bonds is 3. The average Bonchev–Trinajstić information content (AvgIpc) is 3.15. The van der Waals surface area contributed by atoms with Crippen LogP contribution in [0.15, 0.2) is 53.5 Å². The monoisotopic (exact) mass is 582 g/mol. The predicted molar refractivity (Wildman–Crippen MR) is 112 cm³/mol. The first-order chi connectivity index (χ1) is 14.0. The van der Waals surface area contributed by atoms with Crippen molar-refractivity contribution in [3.63, 3.8) is 0 Å². The Balaban J connectivity index is 0.00000218. The molecule has 0 radical (unpaired) electrons. The summed E-state index contributed by atoms with van der Waals surface area (Å²) in [7, 11) is 0. The zero-order chi connectivity index (χ0) is 20.0. The number of phenols is 1. The number of benzene rings is 2. The van der Waals surface area contributed by atoms with Crippen molar-refractivity contribution in [2.24, 2.45) is 10.4 Å². The predicted octanol–water partition coefficient (Wildman–Crippen LogP) is 5.25. The van der Waals surface area contributed by atoms with Crippen LogP contribution in [0.3, 0.4) is 0 Å². The number of pyridine rings is 1. The van der Waals surface area contributed by atoms with Gasteiger partial charge in [0.1, 0.15) is 23.3 Å².